The molecule has 2 rings (SSSR count). The lowest BCUT2D eigenvalue weighted by Crippen LogP contribution is -2.37. The molecule has 0 unspecified atom stereocenters. The van der Waals surface area contributed by atoms with Crippen molar-refractivity contribution >= 4 is 5.91 Å². The third-order valence-corrected chi connectivity index (χ3v) is 3.60. The average Bonchev–Trinajstić information content (AvgIpc) is 2.73. The molecule has 0 aliphatic carbocycles. The summed E-state index contributed by atoms with van der Waals surface area (Å²) in [6.07, 6.45) is 4.89. The van der Waals surface area contributed by atoms with Crippen molar-refractivity contribution in [3.63, 3.8) is 0 Å². The maximum Gasteiger partial charge on any atom is 0.223 e. The Hall–Kier alpha value is -0.610. The number of aliphatic hydroxyl groups is 1. The van der Waals surface area contributed by atoms with E-state index < -0.39 is 0 Å². The van der Waals surface area contributed by atoms with Crippen molar-refractivity contribution in [2.45, 2.75) is 38.2 Å². The number of β-amino-alcohol motifs (C(OH)–C–C–N with tert-alkyl or cyclic N) is 1. The molecule has 16 heavy (non-hydrogen) atoms. The molecular formula is C12H22N2O2. The minimum absolute atomic E-state index is 0.176. The SMILES string of the molecule is O=C(CCN1CC[C@H](O)C1)N1CCCCC1. The van der Waals surface area contributed by atoms with E-state index in [9.17, 15) is 9.90 Å². The van der Waals surface area contributed by atoms with Gasteiger partial charge in [0, 0.05) is 39.1 Å². The molecule has 0 radical (unpaired) electrons. The second kappa shape index (κ2) is 5.64. The van der Waals surface area contributed by atoms with Crippen molar-refractivity contribution in [2.24, 2.45) is 0 Å². The van der Waals surface area contributed by atoms with E-state index in [0.717, 1.165) is 52.0 Å². The Kier molecular flexibility index (Phi) is 4.18. The third-order valence-electron chi connectivity index (χ3n) is 3.60. The van der Waals surface area contributed by atoms with Crippen molar-refractivity contribution in [3.8, 4) is 0 Å². The fraction of sp³-hybridized carbons (Fsp3) is 0.917. The molecular weight excluding hydrogens is 204 g/mol. The summed E-state index contributed by atoms with van der Waals surface area (Å²) in [4.78, 5) is 16.1. The van der Waals surface area contributed by atoms with Gasteiger partial charge in [0.15, 0.2) is 0 Å². The Morgan fingerprint density at radius 1 is 1.19 bits per heavy atom. The molecule has 92 valence electrons. The van der Waals surface area contributed by atoms with Crippen LogP contribution in [0.25, 0.3) is 0 Å². The first-order chi connectivity index (χ1) is 7.75. The Bertz CT molecular complexity index is 239. The van der Waals surface area contributed by atoms with Crippen LogP contribution >= 0.6 is 0 Å². The largest absolute Gasteiger partial charge is 0.392 e. The molecule has 0 aromatic carbocycles. The maximum atomic E-state index is 11.9. The molecule has 2 heterocycles. The lowest BCUT2D eigenvalue weighted by molar-refractivity contribution is -0.132. The smallest absolute Gasteiger partial charge is 0.223 e. The van der Waals surface area contributed by atoms with Gasteiger partial charge >= 0.3 is 0 Å². The van der Waals surface area contributed by atoms with Crippen LogP contribution in [0.5, 0.6) is 0 Å². The van der Waals surface area contributed by atoms with Gasteiger partial charge in [-0.25, -0.2) is 0 Å². The topological polar surface area (TPSA) is 43.8 Å². The standard InChI is InChI=1S/C12H22N2O2/c15-11-4-8-13(10-11)9-5-12(16)14-6-2-1-3-7-14/h11,15H,1-10H2/t11-/m0/s1. The number of nitrogens with zero attached hydrogens (tertiary/aromatic N) is 2. The highest BCUT2D eigenvalue weighted by atomic mass is 16.3. The van der Waals surface area contributed by atoms with Gasteiger partial charge in [-0.2, -0.15) is 0 Å². The summed E-state index contributed by atoms with van der Waals surface area (Å²) in [6, 6.07) is 0. The number of likely N-dealkylation sites (tertiary alicyclic amines) is 2. The number of hydrogen-bond donors (Lipinski definition) is 1. The number of rotatable bonds is 3. The lowest BCUT2D eigenvalue weighted by Gasteiger charge is -2.27. The predicted molar refractivity (Wildman–Crippen MR) is 62.1 cm³/mol. The second-order valence-electron chi connectivity index (χ2n) is 4.93. The zero-order chi connectivity index (χ0) is 11.4. The molecule has 1 amide bonds. The molecule has 0 aromatic heterocycles. The third kappa shape index (κ3) is 3.19. The highest BCUT2D eigenvalue weighted by Gasteiger charge is 2.22. The van der Waals surface area contributed by atoms with Gasteiger partial charge in [-0.05, 0) is 25.7 Å². The number of hydrogen-bond acceptors (Lipinski definition) is 3. The van der Waals surface area contributed by atoms with Crippen LogP contribution in [-0.2, 0) is 4.79 Å². The van der Waals surface area contributed by atoms with Gasteiger partial charge in [0.05, 0.1) is 6.10 Å². The number of piperidine rings is 1. The van der Waals surface area contributed by atoms with Crippen molar-refractivity contribution < 1.29 is 9.90 Å². The van der Waals surface area contributed by atoms with Gasteiger partial charge in [-0.3, -0.25) is 4.79 Å². The van der Waals surface area contributed by atoms with E-state index in [2.05, 4.69) is 4.90 Å². The van der Waals surface area contributed by atoms with Crippen molar-refractivity contribution in [1.29, 1.82) is 0 Å². The summed E-state index contributed by atoms with van der Waals surface area (Å²) in [6.45, 7) is 4.39. The summed E-state index contributed by atoms with van der Waals surface area (Å²) < 4.78 is 0. The number of aliphatic hydroxyl groups excluding tert-OH is 1. The zero-order valence-corrected chi connectivity index (χ0v) is 9.90. The molecule has 2 saturated heterocycles. The summed E-state index contributed by atoms with van der Waals surface area (Å²) in [5.74, 6) is 0.293. The molecule has 1 atom stereocenters. The van der Waals surface area contributed by atoms with E-state index in [1.165, 1.54) is 6.42 Å². The van der Waals surface area contributed by atoms with Gasteiger partial charge in [-0.1, -0.05) is 0 Å². The Morgan fingerprint density at radius 3 is 2.56 bits per heavy atom. The van der Waals surface area contributed by atoms with E-state index in [-0.39, 0.29) is 6.10 Å². The van der Waals surface area contributed by atoms with Crippen LogP contribution in [0, 0.1) is 0 Å². The van der Waals surface area contributed by atoms with Crippen LogP contribution in [0.15, 0.2) is 0 Å². The van der Waals surface area contributed by atoms with E-state index in [4.69, 9.17) is 0 Å². The monoisotopic (exact) mass is 226 g/mol. The number of carbonyl (C=O) groups excluding carboxylic acids is 1. The quantitative estimate of drug-likeness (QED) is 0.760. The summed E-state index contributed by atoms with van der Waals surface area (Å²) in [5, 5.41) is 9.38. The van der Waals surface area contributed by atoms with Gasteiger partial charge in [0.1, 0.15) is 0 Å². The molecule has 2 aliphatic rings. The van der Waals surface area contributed by atoms with Gasteiger partial charge in [-0.15, -0.1) is 0 Å². The van der Waals surface area contributed by atoms with E-state index in [0.29, 0.717) is 12.3 Å². The van der Waals surface area contributed by atoms with Crippen LogP contribution in [0.3, 0.4) is 0 Å². The van der Waals surface area contributed by atoms with E-state index in [1.54, 1.807) is 0 Å². The van der Waals surface area contributed by atoms with Crippen molar-refractivity contribution in [3.05, 3.63) is 0 Å². The first kappa shape index (κ1) is 11.9. The Morgan fingerprint density at radius 2 is 1.94 bits per heavy atom. The van der Waals surface area contributed by atoms with Crippen molar-refractivity contribution in [2.75, 3.05) is 32.7 Å². The Balaban J connectivity index is 1.66. The second-order valence-corrected chi connectivity index (χ2v) is 4.93. The highest BCUT2D eigenvalue weighted by molar-refractivity contribution is 5.76. The predicted octanol–water partition coefficient (Wildman–Crippen LogP) is 0.456. The fourth-order valence-electron chi connectivity index (χ4n) is 2.57. The molecule has 2 fully saturated rings. The van der Waals surface area contributed by atoms with Crippen LogP contribution < -0.4 is 0 Å². The van der Waals surface area contributed by atoms with E-state index >= 15 is 0 Å². The minimum atomic E-state index is -0.176. The molecule has 0 saturated carbocycles. The number of carbonyl (C=O) groups is 1. The van der Waals surface area contributed by atoms with Gasteiger partial charge < -0.3 is 14.9 Å². The molecule has 2 aliphatic heterocycles. The summed E-state index contributed by atoms with van der Waals surface area (Å²) in [7, 11) is 0. The first-order valence-electron chi connectivity index (χ1n) is 6.44. The van der Waals surface area contributed by atoms with Crippen LogP contribution in [0.1, 0.15) is 32.1 Å². The lowest BCUT2D eigenvalue weighted by atomic mass is 10.1. The summed E-state index contributed by atoms with van der Waals surface area (Å²) >= 11 is 0. The molecule has 0 aromatic rings. The molecule has 0 spiro atoms. The zero-order valence-electron chi connectivity index (χ0n) is 9.90. The van der Waals surface area contributed by atoms with Crippen LogP contribution in [0.4, 0.5) is 0 Å². The minimum Gasteiger partial charge on any atom is -0.392 e. The first-order valence-corrected chi connectivity index (χ1v) is 6.44. The van der Waals surface area contributed by atoms with Crippen LogP contribution in [-0.4, -0.2) is 59.6 Å². The maximum absolute atomic E-state index is 11.9. The van der Waals surface area contributed by atoms with E-state index in [1.807, 2.05) is 4.90 Å². The number of amides is 1. The summed E-state index contributed by atoms with van der Waals surface area (Å²) in [5.41, 5.74) is 0. The molecule has 1 N–H and O–H groups in total. The molecule has 4 nitrogen and oxygen atoms in total. The highest BCUT2D eigenvalue weighted by Crippen LogP contribution is 2.12. The molecule has 4 heteroatoms. The van der Waals surface area contributed by atoms with Gasteiger partial charge in [0.25, 0.3) is 0 Å². The average molecular weight is 226 g/mol. The van der Waals surface area contributed by atoms with Crippen LogP contribution in [0.2, 0.25) is 0 Å². The normalized spacial score (nSPS) is 27.3. The molecule has 0 bridgehead atoms. The fourth-order valence-corrected chi connectivity index (χ4v) is 2.57. The van der Waals surface area contributed by atoms with Gasteiger partial charge in [0.2, 0.25) is 5.91 Å². The van der Waals surface area contributed by atoms with Crippen molar-refractivity contribution in [1.82, 2.24) is 9.80 Å². The Labute approximate surface area is 97.2 Å².